The summed E-state index contributed by atoms with van der Waals surface area (Å²) < 4.78 is 1.64. The maximum atomic E-state index is 11.3. The number of nitrogens with zero attached hydrogens (tertiary/aromatic N) is 2. The molecule has 0 fully saturated rings. The largest absolute Gasteiger partial charge is 0.309 e. The SMILES string of the molecule is O=c1ccccn1Cc1nccs1. The minimum atomic E-state index is 0.0118. The van der Waals surface area contributed by atoms with Crippen LogP contribution in [0.15, 0.2) is 40.8 Å². The van der Waals surface area contributed by atoms with Crippen LogP contribution >= 0.6 is 11.3 Å². The highest BCUT2D eigenvalue weighted by molar-refractivity contribution is 7.09. The van der Waals surface area contributed by atoms with Gasteiger partial charge in [0.15, 0.2) is 0 Å². The van der Waals surface area contributed by atoms with Gasteiger partial charge in [-0.05, 0) is 6.07 Å². The van der Waals surface area contributed by atoms with Crippen molar-refractivity contribution in [1.29, 1.82) is 0 Å². The Labute approximate surface area is 79.3 Å². The Bertz CT molecular complexity index is 433. The second-order valence-corrected chi connectivity index (χ2v) is 3.57. The van der Waals surface area contributed by atoms with Gasteiger partial charge in [0.2, 0.25) is 0 Å². The Morgan fingerprint density at radius 2 is 2.38 bits per heavy atom. The molecule has 4 heteroatoms. The van der Waals surface area contributed by atoms with Crippen LogP contribution in [0.4, 0.5) is 0 Å². The summed E-state index contributed by atoms with van der Waals surface area (Å²) in [5, 5.41) is 2.86. The molecule has 0 radical (unpaired) electrons. The van der Waals surface area contributed by atoms with Gasteiger partial charge in [-0.25, -0.2) is 4.98 Å². The molecule has 0 saturated heterocycles. The number of pyridine rings is 1. The Morgan fingerprint density at radius 3 is 3.08 bits per heavy atom. The zero-order valence-electron chi connectivity index (χ0n) is 6.88. The summed E-state index contributed by atoms with van der Waals surface area (Å²) in [6.45, 7) is 0.567. The van der Waals surface area contributed by atoms with Crippen molar-refractivity contribution in [3.05, 3.63) is 51.3 Å². The highest BCUT2D eigenvalue weighted by Crippen LogP contribution is 2.04. The second kappa shape index (κ2) is 3.53. The highest BCUT2D eigenvalue weighted by atomic mass is 32.1. The normalized spacial score (nSPS) is 10.2. The van der Waals surface area contributed by atoms with Gasteiger partial charge in [0.05, 0.1) is 6.54 Å². The molecule has 0 aliphatic carbocycles. The van der Waals surface area contributed by atoms with Crippen LogP contribution in [-0.2, 0) is 6.54 Å². The zero-order valence-corrected chi connectivity index (χ0v) is 7.70. The van der Waals surface area contributed by atoms with Crippen LogP contribution in [0.25, 0.3) is 0 Å². The maximum absolute atomic E-state index is 11.3. The molecule has 2 aromatic rings. The van der Waals surface area contributed by atoms with E-state index in [1.54, 1.807) is 40.4 Å². The minimum absolute atomic E-state index is 0.0118. The lowest BCUT2D eigenvalue weighted by Gasteiger charge is -2.00. The van der Waals surface area contributed by atoms with Gasteiger partial charge in [-0.2, -0.15) is 0 Å². The number of hydrogen-bond acceptors (Lipinski definition) is 3. The molecule has 2 heterocycles. The van der Waals surface area contributed by atoms with E-state index in [2.05, 4.69) is 4.98 Å². The van der Waals surface area contributed by atoms with Crippen molar-refractivity contribution in [2.45, 2.75) is 6.54 Å². The molecule has 0 aliphatic heterocycles. The van der Waals surface area contributed by atoms with Crippen molar-refractivity contribution in [2.24, 2.45) is 0 Å². The van der Waals surface area contributed by atoms with E-state index in [4.69, 9.17) is 0 Å². The molecule has 0 spiro atoms. The summed E-state index contributed by atoms with van der Waals surface area (Å²) in [6, 6.07) is 5.13. The summed E-state index contributed by atoms with van der Waals surface area (Å²) in [5.41, 5.74) is 0.0118. The molecule has 2 rings (SSSR count). The van der Waals surface area contributed by atoms with E-state index in [1.807, 2.05) is 11.4 Å². The van der Waals surface area contributed by atoms with E-state index in [0.717, 1.165) is 5.01 Å². The van der Waals surface area contributed by atoms with E-state index in [0.29, 0.717) is 6.54 Å². The van der Waals surface area contributed by atoms with Crippen molar-refractivity contribution >= 4 is 11.3 Å². The van der Waals surface area contributed by atoms with E-state index in [9.17, 15) is 4.79 Å². The standard InChI is InChI=1S/C9H8N2OS/c12-9-3-1-2-5-11(9)7-8-10-4-6-13-8/h1-6H,7H2. The zero-order chi connectivity index (χ0) is 9.10. The van der Waals surface area contributed by atoms with Crippen LogP contribution in [0.2, 0.25) is 0 Å². The second-order valence-electron chi connectivity index (χ2n) is 2.59. The van der Waals surface area contributed by atoms with E-state index >= 15 is 0 Å². The number of hydrogen-bond donors (Lipinski definition) is 0. The van der Waals surface area contributed by atoms with E-state index in [-0.39, 0.29) is 5.56 Å². The first-order chi connectivity index (χ1) is 6.36. The Balaban J connectivity index is 2.29. The molecule has 0 unspecified atom stereocenters. The van der Waals surface area contributed by atoms with Gasteiger partial charge >= 0.3 is 0 Å². The maximum Gasteiger partial charge on any atom is 0.250 e. The fraction of sp³-hybridized carbons (Fsp3) is 0.111. The van der Waals surface area contributed by atoms with Crippen molar-refractivity contribution < 1.29 is 0 Å². The van der Waals surface area contributed by atoms with Gasteiger partial charge < -0.3 is 4.57 Å². The Kier molecular flexibility index (Phi) is 2.23. The van der Waals surface area contributed by atoms with Gasteiger partial charge in [-0.1, -0.05) is 6.07 Å². The van der Waals surface area contributed by atoms with Gasteiger partial charge in [0, 0.05) is 23.8 Å². The molecule has 0 aliphatic rings. The van der Waals surface area contributed by atoms with Gasteiger partial charge in [0.1, 0.15) is 5.01 Å². The van der Waals surface area contributed by atoms with Gasteiger partial charge in [0.25, 0.3) is 5.56 Å². The lowest BCUT2D eigenvalue weighted by Crippen LogP contribution is -2.17. The average Bonchev–Trinajstić information content (AvgIpc) is 2.61. The topological polar surface area (TPSA) is 34.9 Å². The lowest BCUT2D eigenvalue weighted by atomic mass is 10.4. The molecule has 0 N–H and O–H groups in total. The van der Waals surface area contributed by atoms with Crippen LogP contribution in [0.1, 0.15) is 5.01 Å². The summed E-state index contributed by atoms with van der Waals surface area (Å²) in [5.74, 6) is 0. The van der Waals surface area contributed by atoms with Crippen LogP contribution < -0.4 is 5.56 Å². The molecule has 0 amide bonds. The fourth-order valence-corrected chi connectivity index (χ4v) is 1.68. The first kappa shape index (κ1) is 8.19. The van der Waals surface area contributed by atoms with Crippen LogP contribution in [-0.4, -0.2) is 9.55 Å². The Morgan fingerprint density at radius 1 is 1.46 bits per heavy atom. The monoisotopic (exact) mass is 192 g/mol. The van der Waals surface area contributed by atoms with Gasteiger partial charge in [-0.15, -0.1) is 11.3 Å². The van der Waals surface area contributed by atoms with E-state index in [1.165, 1.54) is 0 Å². The first-order valence-electron chi connectivity index (χ1n) is 3.90. The smallest absolute Gasteiger partial charge is 0.250 e. The molecule has 66 valence electrons. The number of aromatic nitrogens is 2. The van der Waals surface area contributed by atoms with E-state index < -0.39 is 0 Å². The molecule has 3 nitrogen and oxygen atoms in total. The van der Waals surface area contributed by atoms with Crippen molar-refractivity contribution in [3.63, 3.8) is 0 Å². The average molecular weight is 192 g/mol. The molecule has 0 atom stereocenters. The number of thiazole rings is 1. The Hall–Kier alpha value is -1.42. The molecule has 0 bridgehead atoms. The van der Waals surface area contributed by atoms with Crippen molar-refractivity contribution in [2.75, 3.05) is 0 Å². The molecular formula is C9H8N2OS. The predicted octanol–water partition coefficient (Wildman–Crippen LogP) is 1.35. The molecule has 2 aromatic heterocycles. The first-order valence-corrected chi connectivity index (χ1v) is 4.78. The van der Waals surface area contributed by atoms with Crippen LogP contribution in [0, 0.1) is 0 Å². The third kappa shape index (κ3) is 1.84. The molecule has 0 saturated carbocycles. The summed E-state index contributed by atoms with van der Waals surface area (Å²) in [4.78, 5) is 15.4. The fourth-order valence-electron chi connectivity index (χ4n) is 1.07. The van der Waals surface area contributed by atoms with Gasteiger partial charge in [-0.3, -0.25) is 4.79 Å². The highest BCUT2D eigenvalue weighted by Gasteiger charge is 1.97. The van der Waals surface area contributed by atoms with Crippen LogP contribution in [0.3, 0.4) is 0 Å². The number of rotatable bonds is 2. The van der Waals surface area contributed by atoms with Crippen LogP contribution in [0.5, 0.6) is 0 Å². The predicted molar refractivity (Wildman–Crippen MR) is 51.9 cm³/mol. The third-order valence-corrected chi connectivity index (χ3v) is 2.45. The molecular weight excluding hydrogens is 184 g/mol. The summed E-state index contributed by atoms with van der Waals surface area (Å²) in [6.07, 6.45) is 3.51. The third-order valence-electron chi connectivity index (χ3n) is 1.69. The van der Waals surface area contributed by atoms with Crippen molar-refractivity contribution in [3.8, 4) is 0 Å². The minimum Gasteiger partial charge on any atom is -0.309 e. The molecule has 13 heavy (non-hydrogen) atoms. The summed E-state index contributed by atoms with van der Waals surface area (Å²) >= 11 is 1.56. The summed E-state index contributed by atoms with van der Waals surface area (Å²) in [7, 11) is 0. The lowest BCUT2D eigenvalue weighted by molar-refractivity contribution is 0.754. The van der Waals surface area contributed by atoms with Crippen molar-refractivity contribution in [1.82, 2.24) is 9.55 Å². The quantitative estimate of drug-likeness (QED) is 0.720. The molecule has 0 aromatic carbocycles.